The van der Waals surface area contributed by atoms with Crippen LogP contribution in [-0.2, 0) is 11.3 Å². The lowest BCUT2D eigenvalue weighted by Gasteiger charge is -2.08. The monoisotopic (exact) mass is 263 g/mol. The maximum absolute atomic E-state index is 11.1. The Bertz CT molecular complexity index is 630. The fraction of sp³-hybridized carbons (Fsp3) is 0.357. The van der Waals surface area contributed by atoms with Gasteiger partial charge in [-0.25, -0.2) is 4.79 Å². The van der Waals surface area contributed by atoms with E-state index in [-0.39, 0.29) is 0 Å². The van der Waals surface area contributed by atoms with Gasteiger partial charge >= 0.3 is 5.97 Å². The number of carbonyl (C=O) groups is 1. The minimum Gasteiger partial charge on any atom is -0.496 e. The van der Waals surface area contributed by atoms with E-state index >= 15 is 0 Å². The summed E-state index contributed by atoms with van der Waals surface area (Å²) in [6.07, 6.45) is -1.55. The summed E-state index contributed by atoms with van der Waals surface area (Å²) in [4.78, 5) is 11.1. The highest BCUT2D eigenvalue weighted by molar-refractivity contribution is 5.94. The van der Waals surface area contributed by atoms with Crippen LogP contribution in [0.4, 0.5) is 0 Å². The first-order valence-electron chi connectivity index (χ1n) is 6.09. The van der Waals surface area contributed by atoms with Gasteiger partial charge in [-0.15, -0.1) is 0 Å². The number of benzene rings is 1. The van der Waals surface area contributed by atoms with Crippen molar-refractivity contribution < 1.29 is 19.7 Å². The number of carboxylic acid groups (broad SMARTS) is 1. The molecule has 0 aliphatic carbocycles. The Balaban J connectivity index is 2.88. The maximum atomic E-state index is 11.1. The Labute approximate surface area is 111 Å². The number of rotatable bonds is 4. The molecule has 2 rings (SSSR count). The number of carboxylic acids is 1. The fourth-order valence-corrected chi connectivity index (χ4v) is 2.56. The largest absolute Gasteiger partial charge is 0.496 e. The topological polar surface area (TPSA) is 71.7 Å². The Morgan fingerprint density at radius 3 is 2.68 bits per heavy atom. The summed E-state index contributed by atoms with van der Waals surface area (Å²) in [5, 5.41) is 19.7. The summed E-state index contributed by atoms with van der Waals surface area (Å²) < 4.78 is 7.27. The Morgan fingerprint density at radius 2 is 2.16 bits per heavy atom. The lowest BCUT2D eigenvalue weighted by atomic mass is 10.0. The van der Waals surface area contributed by atoms with Gasteiger partial charge in [-0.1, -0.05) is 6.07 Å². The Hall–Kier alpha value is -2.01. The highest BCUT2D eigenvalue weighted by Gasteiger charge is 2.26. The van der Waals surface area contributed by atoms with E-state index in [0.29, 0.717) is 23.2 Å². The number of nitrogens with zero attached hydrogens (tertiary/aromatic N) is 1. The zero-order valence-corrected chi connectivity index (χ0v) is 11.2. The lowest BCUT2D eigenvalue weighted by molar-refractivity contribution is -0.146. The van der Waals surface area contributed by atoms with Crippen LogP contribution < -0.4 is 4.74 Å². The van der Waals surface area contributed by atoms with Crippen molar-refractivity contribution in [3.05, 3.63) is 29.5 Å². The maximum Gasteiger partial charge on any atom is 0.337 e. The van der Waals surface area contributed by atoms with Crippen molar-refractivity contribution >= 4 is 16.9 Å². The lowest BCUT2D eigenvalue weighted by Crippen LogP contribution is -2.12. The van der Waals surface area contributed by atoms with E-state index in [1.807, 2.05) is 30.5 Å². The summed E-state index contributed by atoms with van der Waals surface area (Å²) in [5.74, 6) is -0.688. The minimum atomic E-state index is -1.55. The molecule has 0 bridgehead atoms. The first kappa shape index (κ1) is 13.4. The summed E-state index contributed by atoms with van der Waals surface area (Å²) in [6.45, 7) is 4.48. The van der Waals surface area contributed by atoms with Crippen molar-refractivity contribution in [3.8, 4) is 5.75 Å². The van der Waals surface area contributed by atoms with Crippen LogP contribution in [0.1, 0.15) is 24.3 Å². The Morgan fingerprint density at radius 1 is 1.47 bits per heavy atom. The van der Waals surface area contributed by atoms with Crippen LogP contribution in [0.3, 0.4) is 0 Å². The number of aliphatic hydroxyl groups excluding tert-OH is 1. The molecule has 19 heavy (non-hydrogen) atoms. The molecular weight excluding hydrogens is 246 g/mol. The van der Waals surface area contributed by atoms with Gasteiger partial charge in [0.25, 0.3) is 0 Å². The van der Waals surface area contributed by atoms with Crippen molar-refractivity contribution in [2.24, 2.45) is 0 Å². The molecule has 0 fully saturated rings. The van der Waals surface area contributed by atoms with Crippen LogP contribution in [0.2, 0.25) is 0 Å². The quantitative estimate of drug-likeness (QED) is 0.886. The van der Waals surface area contributed by atoms with Crippen LogP contribution >= 0.6 is 0 Å². The molecule has 5 nitrogen and oxygen atoms in total. The third-order valence-electron chi connectivity index (χ3n) is 3.40. The molecule has 5 heteroatoms. The van der Waals surface area contributed by atoms with Crippen molar-refractivity contribution in [3.63, 3.8) is 0 Å². The highest BCUT2D eigenvalue weighted by atomic mass is 16.5. The standard InChI is InChI=1S/C14H17NO4/c1-4-15-8(2)11(13(16)14(17)18)12-9(15)6-5-7-10(12)19-3/h5-7,13,16H,4H2,1-3H3,(H,17,18). The van der Waals surface area contributed by atoms with E-state index in [0.717, 1.165) is 11.2 Å². The molecule has 0 aliphatic rings. The van der Waals surface area contributed by atoms with E-state index in [1.54, 1.807) is 6.07 Å². The molecule has 1 atom stereocenters. The van der Waals surface area contributed by atoms with E-state index in [9.17, 15) is 9.90 Å². The van der Waals surface area contributed by atoms with Crippen LogP contribution in [-0.4, -0.2) is 27.9 Å². The third-order valence-corrected chi connectivity index (χ3v) is 3.40. The molecule has 2 aromatic rings. The van der Waals surface area contributed by atoms with E-state index in [1.165, 1.54) is 7.11 Å². The van der Waals surface area contributed by atoms with E-state index in [4.69, 9.17) is 9.84 Å². The number of hydrogen-bond donors (Lipinski definition) is 2. The van der Waals surface area contributed by atoms with Crippen molar-refractivity contribution in [2.75, 3.05) is 7.11 Å². The molecule has 1 unspecified atom stereocenters. The summed E-state index contributed by atoms with van der Waals surface area (Å²) >= 11 is 0. The van der Waals surface area contributed by atoms with Crippen LogP contribution in [0.25, 0.3) is 10.9 Å². The first-order chi connectivity index (χ1) is 9.02. The van der Waals surface area contributed by atoms with Crippen molar-refractivity contribution in [1.29, 1.82) is 0 Å². The molecule has 0 spiro atoms. The number of aliphatic hydroxyl groups is 1. The van der Waals surface area contributed by atoms with Gasteiger partial charge in [0.1, 0.15) is 5.75 Å². The smallest absolute Gasteiger partial charge is 0.337 e. The Kier molecular flexibility index (Phi) is 3.48. The molecule has 0 saturated heterocycles. The number of aryl methyl sites for hydroxylation is 1. The SMILES string of the molecule is CCn1c(C)c(C(O)C(=O)O)c2c(OC)cccc21. The summed E-state index contributed by atoms with van der Waals surface area (Å²) in [7, 11) is 1.53. The van der Waals surface area contributed by atoms with Gasteiger partial charge in [0.15, 0.2) is 6.10 Å². The predicted molar refractivity (Wildman–Crippen MR) is 71.5 cm³/mol. The number of aromatic nitrogens is 1. The van der Waals surface area contributed by atoms with Gasteiger partial charge < -0.3 is 19.5 Å². The number of fused-ring (bicyclic) bond motifs is 1. The van der Waals surface area contributed by atoms with Gasteiger partial charge in [-0.05, 0) is 26.0 Å². The molecule has 1 heterocycles. The first-order valence-corrected chi connectivity index (χ1v) is 6.09. The molecule has 0 saturated carbocycles. The zero-order valence-electron chi connectivity index (χ0n) is 11.2. The molecule has 0 radical (unpaired) electrons. The molecule has 102 valence electrons. The second kappa shape index (κ2) is 4.93. The van der Waals surface area contributed by atoms with Gasteiger partial charge in [0.2, 0.25) is 0 Å². The molecule has 0 aliphatic heterocycles. The van der Waals surface area contributed by atoms with Crippen molar-refractivity contribution in [2.45, 2.75) is 26.5 Å². The molecule has 1 aromatic heterocycles. The van der Waals surface area contributed by atoms with Gasteiger partial charge in [-0.2, -0.15) is 0 Å². The third kappa shape index (κ3) is 1.96. The van der Waals surface area contributed by atoms with Gasteiger partial charge in [0.05, 0.1) is 12.6 Å². The summed E-state index contributed by atoms with van der Waals surface area (Å²) in [6, 6.07) is 5.51. The number of methoxy groups -OCH3 is 1. The summed E-state index contributed by atoms with van der Waals surface area (Å²) in [5.41, 5.74) is 2.02. The normalized spacial score (nSPS) is 12.6. The second-order valence-electron chi connectivity index (χ2n) is 4.34. The molecule has 1 aromatic carbocycles. The molecular formula is C14H17NO4. The highest BCUT2D eigenvalue weighted by Crippen LogP contribution is 2.36. The number of aliphatic carboxylic acids is 1. The number of ether oxygens (including phenoxy) is 1. The minimum absolute atomic E-state index is 0.404. The van der Waals surface area contributed by atoms with Gasteiger partial charge in [-0.3, -0.25) is 0 Å². The van der Waals surface area contributed by atoms with Gasteiger partial charge in [0, 0.05) is 23.2 Å². The second-order valence-corrected chi connectivity index (χ2v) is 4.34. The van der Waals surface area contributed by atoms with Crippen LogP contribution in [0.15, 0.2) is 18.2 Å². The van der Waals surface area contributed by atoms with E-state index in [2.05, 4.69) is 0 Å². The van der Waals surface area contributed by atoms with Crippen LogP contribution in [0, 0.1) is 6.92 Å². The average molecular weight is 263 g/mol. The molecule has 2 N–H and O–H groups in total. The average Bonchev–Trinajstić information content (AvgIpc) is 2.69. The number of hydrogen-bond acceptors (Lipinski definition) is 3. The van der Waals surface area contributed by atoms with E-state index < -0.39 is 12.1 Å². The molecule has 0 amide bonds. The van der Waals surface area contributed by atoms with Crippen molar-refractivity contribution in [1.82, 2.24) is 4.57 Å². The fourth-order valence-electron chi connectivity index (χ4n) is 2.56. The van der Waals surface area contributed by atoms with Crippen LogP contribution in [0.5, 0.6) is 5.75 Å². The predicted octanol–water partition coefficient (Wildman–Crippen LogP) is 2.10. The zero-order chi connectivity index (χ0) is 14.2.